The number of carboxylic acid groups (broad SMARTS) is 2. The van der Waals surface area contributed by atoms with Crippen molar-refractivity contribution in [3.63, 3.8) is 0 Å². The van der Waals surface area contributed by atoms with Gasteiger partial charge in [0.15, 0.2) is 11.4 Å². The molecule has 12 rings (SSSR count). The van der Waals surface area contributed by atoms with E-state index < -0.39 is 34.5 Å². The Labute approximate surface area is 449 Å². The number of aliphatic hydroxyl groups is 2. The minimum Gasteiger partial charge on any atom is -0.476 e. The van der Waals surface area contributed by atoms with E-state index in [1.54, 1.807) is 15.2 Å². The molecule has 77 heavy (non-hydrogen) atoms. The van der Waals surface area contributed by atoms with Gasteiger partial charge in [0.25, 0.3) is 11.1 Å². The fraction of sp³-hybridized carbons (Fsp3) is 0.661. The first kappa shape index (κ1) is 53.4. The Bertz CT molecular complexity index is 2900. The lowest BCUT2D eigenvalue weighted by Crippen LogP contribution is -2.58. The Morgan fingerprint density at radius 3 is 1.19 bits per heavy atom. The summed E-state index contributed by atoms with van der Waals surface area (Å²) < 4.78 is 3.58. The van der Waals surface area contributed by atoms with E-state index in [9.17, 15) is 29.4 Å². The van der Waals surface area contributed by atoms with Crippen molar-refractivity contribution in [3.8, 4) is 0 Å². The third-order valence-electron chi connectivity index (χ3n) is 19.2. The van der Waals surface area contributed by atoms with Crippen LogP contribution in [0.2, 0.25) is 0 Å². The number of hydrogen-bond donors (Lipinski definition) is 4. The summed E-state index contributed by atoms with van der Waals surface area (Å²) in [6.45, 7) is -0.947. The predicted molar refractivity (Wildman–Crippen MR) is 291 cm³/mol. The van der Waals surface area contributed by atoms with Crippen molar-refractivity contribution in [2.24, 2.45) is 34.0 Å². The predicted octanol–water partition coefficient (Wildman–Crippen LogP) is 7.83. The highest BCUT2D eigenvalue weighted by Gasteiger charge is 2.48. The molecule has 4 N–H and O–H groups in total. The van der Waals surface area contributed by atoms with E-state index in [2.05, 4.69) is 30.1 Å². The summed E-state index contributed by atoms with van der Waals surface area (Å²) in [7, 11) is 0. The molecule has 18 heteroatoms. The monoisotopic (exact) mass is 1060 g/mol. The van der Waals surface area contributed by atoms with Crippen LogP contribution < -0.4 is 11.1 Å². The molecule has 6 heterocycles. The number of piperidine rings is 3. The van der Waals surface area contributed by atoms with Gasteiger partial charge < -0.3 is 39.2 Å². The number of aliphatic hydroxyl groups excluding tert-OH is 2. The van der Waals surface area contributed by atoms with Crippen LogP contribution in [0, 0.1) is 23.7 Å². The third-order valence-corrected chi connectivity index (χ3v) is 19.2. The Balaban J connectivity index is 0.000000164. The van der Waals surface area contributed by atoms with Crippen molar-refractivity contribution in [1.82, 2.24) is 28.9 Å². The van der Waals surface area contributed by atoms with E-state index in [0.717, 1.165) is 86.1 Å². The Morgan fingerprint density at radius 1 is 0.468 bits per heavy atom. The molecule has 10 atom stereocenters. The molecule has 2 aromatic heterocycles. The number of fused-ring (bicyclic) bond motifs is 10. The molecule has 18 nitrogen and oxygen atoms in total. The average Bonchev–Trinajstić information content (AvgIpc) is 3.63. The van der Waals surface area contributed by atoms with Crippen LogP contribution in [0.3, 0.4) is 0 Å². The van der Waals surface area contributed by atoms with E-state index >= 15 is 0 Å². The van der Waals surface area contributed by atoms with Gasteiger partial charge in [-0.2, -0.15) is 0 Å². The zero-order valence-corrected chi connectivity index (χ0v) is 44.5. The maximum absolute atomic E-state index is 14.0. The Morgan fingerprint density at radius 2 is 0.831 bits per heavy atom. The number of oxime groups is 2. The van der Waals surface area contributed by atoms with E-state index in [1.807, 2.05) is 42.5 Å². The molecule has 6 unspecified atom stereocenters. The number of para-hydroxylation sites is 4. The summed E-state index contributed by atoms with van der Waals surface area (Å²) in [5, 5.41) is 45.0. The number of hydrogen-bond acceptors (Lipinski definition) is 14. The van der Waals surface area contributed by atoms with Crippen LogP contribution >= 0.6 is 0 Å². The van der Waals surface area contributed by atoms with Gasteiger partial charge in [-0.05, 0) is 138 Å². The van der Waals surface area contributed by atoms with E-state index in [0.29, 0.717) is 47.3 Å². The minimum absolute atomic E-state index is 0.0258. The molecular formula is C59H78N8O10. The van der Waals surface area contributed by atoms with Crippen molar-refractivity contribution in [2.45, 2.75) is 196 Å². The van der Waals surface area contributed by atoms with E-state index in [-0.39, 0.29) is 49.9 Å². The second kappa shape index (κ2) is 23.8. The molecule has 0 spiro atoms. The molecule has 4 saturated carbocycles. The van der Waals surface area contributed by atoms with Crippen molar-refractivity contribution < 1.29 is 39.7 Å². The van der Waals surface area contributed by atoms with Gasteiger partial charge in [0.05, 0.1) is 35.3 Å². The highest BCUT2D eigenvalue weighted by molar-refractivity contribution is 6.42. The number of carbonyl (C=O) groups is 2. The number of aromatic nitrogens is 4. The zero-order chi connectivity index (χ0) is 53.2. The number of rotatable bonds is 14. The van der Waals surface area contributed by atoms with Gasteiger partial charge in [-0.3, -0.25) is 19.4 Å². The summed E-state index contributed by atoms with van der Waals surface area (Å²) >= 11 is 0. The van der Waals surface area contributed by atoms with Crippen molar-refractivity contribution in [3.05, 3.63) is 80.6 Å². The lowest BCUT2D eigenvalue weighted by atomic mass is 9.73. The van der Waals surface area contributed by atoms with Crippen molar-refractivity contribution in [1.29, 1.82) is 0 Å². The smallest absolute Gasteiger partial charge is 0.360 e. The highest BCUT2D eigenvalue weighted by atomic mass is 16.6. The van der Waals surface area contributed by atoms with E-state index in [4.69, 9.17) is 19.9 Å². The van der Waals surface area contributed by atoms with Gasteiger partial charge in [-0.25, -0.2) is 19.6 Å². The molecule has 4 aliphatic heterocycles. The second-order valence-corrected chi connectivity index (χ2v) is 23.9. The SMILES string of the molecule is O=C(O)C(=NOCCO)c1nc2ccccc2n(C2C[C@H]3CCC[C@@H](C2)N3C2CC3CCCCC(C3)C2)c1=O.O=C(O)C(=NOCCO)c1nc2ccccc2n(C2C[C@H]3CC[C@@H](C2)N3C2CC3CCCCC(C3)C2)c1=O. The second-order valence-electron chi connectivity index (χ2n) is 23.9. The fourth-order valence-corrected chi connectivity index (χ4v) is 16.4. The van der Waals surface area contributed by atoms with Crippen molar-refractivity contribution >= 4 is 45.4 Å². The van der Waals surface area contributed by atoms with Crippen LogP contribution in [0.25, 0.3) is 22.1 Å². The number of nitrogens with zero attached hydrogens (tertiary/aromatic N) is 8. The van der Waals surface area contributed by atoms with Gasteiger partial charge in [-0.15, -0.1) is 0 Å². The summed E-state index contributed by atoms with van der Waals surface area (Å²) in [6.07, 6.45) is 28.6. The summed E-state index contributed by atoms with van der Waals surface area (Å²) in [5.41, 5.74) is 0.182. The summed E-state index contributed by atoms with van der Waals surface area (Å²) in [5.74, 6) is 0.702. The van der Waals surface area contributed by atoms with Crippen LogP contribution in [-0.2, 0) is 19.3 Å². The van der Waals surface area contributed by atoms with E-state index in [1.165, 1.54) is 96.3 Å². The molecule has 2 aromatic carbocycles. The van der Waals surface area contributed by atoms with Crippen molar-refractivity contribution in [2.75, 3.05) is 26.4 Å². The Hall–Kier alpha value is -5.56. The molecule has 8 bridgehead atoms. The number of carboxylic acids is 2. The number of benzene rings is 2. The summed E-state index contributed by atoms with van der Waals surface area (Å²) in [4.78, 5) is 76.4. The number of aliphatic carboxylic acids is 2. The molecule has 8 fully saturated rings. The molecule has 0 radical (unpaired) electrons. The first-order chi connectivity index (χ1) is 37.6. The molecule has 4 saturated heterocycles. The standard InChI is InChI=1S/C30H40N4O5.C29H38N4O5/c35-12-13-39-32-28(30(37)38)27-29(36)34(26-11-4-3-10-25(26)31-27)24-17-21-8-5-9-22(18-24)33(21)23-15-19-6-1-2-7-20(14-19)16-23;34-11-12-38-31-27(29(36)37)26-28(35)33(25-8-4-3-7-24(25)30-26)23-16-20-9-10-21(17-23)32(20)22-14-18-5-1-2-6-19(13-18)15-22/h3-4,10-11,19-24,35H,1-2,5-9,12-18H2,(H,37,38);3-4,7-8,18-23,34H,1-2,5-6,9-17H2,(H,36,37)/t19?,20?,21-,22+,23?,24?;18?,19?,20-,21+,22?,23?. The molecule has 414 valence electrons. The topological polar surface area (TPSA) is 234 Å². The maximum Gasteiger partial charge on any atom is 0.360 e. The largest absolute Gasteiger partial charge is 0.476 e. The van der Waals surface area contributed by atoms with Crippen LogP contribution in [0.1, 0.15) is 171 Å². The van der Waals surface area contributed by atoms with Gasteiger partial charge in [-0.1, -0.05) is 92.4 Å². The van der Waals surface area contributed by atoms with Crippen LogP contribution in [0.5, 0.6) is 0 Å². The van der Waals surface area contributed by atoms with Gasteiger partial charge in [0, 0.05) is 48.3 Å². The van der Waals surface area contributed by atoms with Crippen LogP contribution in [0.4, 0.5) is 0 Å². The lowest BCUT2D eigenvalue weighted by molar-refractivity contribution is -0.130. The first-order valence-corrected chi connectivity index (χ1v) is 29.2. The Kier molecular flexibility index (Phi) is 16.5. The third kappa shape index (κ3) is 11.2. The molecule has 0 amide bonds. The molecule has 4 aliphatic carbocycles. The maximum atomic E-state index is 14.0. The minimum atomic E-state index is -1.39. The van der Waals surface area contributed by atoms with Crippen LogP contribution in [0.15, 0.2) is 68.4 Å². The fourth-order valence-electron chi connectivity index (χ4n) is 16.4. The molecule has 4 aromatic rings. The average molecular weight is 1060 g/mol. The van der Waals surface area contributed by atoms with Crippen LogP contribution in [-0.4, -0.2) is 135 Å². The van der Waals surface area contributed by atoms with Gasteiger partial charge >= 0.3 is 11.9 Å². The zero-order valence-electron chi connectivity index (χ0n) is 44.5. The quantitative estimate of drug-likeness (QED) is 0.0536. The highest BCUT2D eigenvalue weighted by Crippen LogP contribution is 2.49. The molecular weight excluding hydrogens is 981 g/mol. The normalized spacial score (nSPS) is 31.7. The lowest BCUT2D eigenvalue weighted by Gasteiger charge is -2.54. The van der Waals surface area contributed by atoms with Gasteiger partial charge in [0.1, 0.15) is 13.2 Å². The first-order valence-electron chi connectivity index (χ1n) is 29.2. The van der Waals surface area contributed by atoms with Gasteiger partial charge in [0.2, 0.25) is 11.4 Å². The summed E-state index contributed by atoms with van der Waals surface area (Å²) in [6, 6.07) is 17.9. The molecule has 8 aliphatic rings.